The summed E-state index contributed by atoms with van der Waals surface area (Å²) in [6, 6.07) is 3.86. The second-order valence-electron chi connectivity index (χ2n) is 10.3. The van der Waals surface area contributed by atoms with Crippen LogP contribution in [0.1, 0.15) is 68.8 Å². The average Bonchev–Trinajstić information content (AvgIpc) is 3.29. The number of fused-ring (bicyclic) bond motifs is 3. The third-order valence-corrected chi connectivity index (χ3v) is 7.45. The van der Waals surface area contributed by atoms with E-state index in [9.17, 15) is 14.7 Å². The molecule has 3 heterocycles. The first kappa shape index (κ1) is 19.5. The van der Waals surface area contributed by atoms with Gasteiger partial charge in [0.2, 0.25) is 6.79 Å². The summed E-state index contributed by atoms with van der Waals surface area (Å²) in [5, 5.41) is 9.60. The number of rotatable bonds is 3. The van der Waals surface area contributed by atoms with Crippen molar-refractivity contribution in [1.82, 2.24) is 9.80 Å². The molecule has 2 amide bonds. The average molecular weight is 415 g/mol. The predicted molar refractivity (Wildman–Crippen MR) is 110 cm³/mol. The SMILES string of the molecule is CC(C)(C)C1CC(CCN2C(=O)c3cc4c(cc3C23CC3)OCO4)CCN1C(=O)O. The van der Waals surface area contributed by atoms with Crippen molar-refractivity contribution >= 4 is 12.0 Å². The number of nitrogens with zero attached hydrogens (tertiary/aromatic N) is 2. The second-order valence-corrected chi connectivity index (χ2v) is 10.3. The highest BCUT2D eigenvalue weighted by Gasteiger charge is 2.58. The molecule has 2 atom stereocenters. The number of hydrogen-bond donors (Lipinski definition) is 1. The lowest BCUT2D eigenvalue weighted by molar-refractivity contribution is 0.0350. The zero-order valence-electron chi connectivity index (χ0n) is 17.9. The fourth-order valence-electron chi connectivity index (χ4n) is 5.62. The van der Waals surface area contributed by atoms with Gasteiger partial charge in [-0.1, -0.05) is 20.8 Å². The Hall–Kier alpha value is -2.44. The van der Waals surface area contributed by atoms with E-state index in [-0.39, 0.29) is 29.7 Å². The molecule has 4 aliphatic rings. The maximum atomic E-state index is 13.2. The van der Waals surface area contributed by atoms with Crippen molar-refractivity contribution in [3.63, 3.8) is 0 Å². The topological polar surface area (TPSA) is 79.3 Å². The number of ether oxygens (including phenoxy) is 2. The van der Waals surface area contributed by atoms with Crippen molar-refractivity contribution < 1.29 is 24.2 Å². The van der Waals surface area contributed by atoms with Gasteiger partial charge in [0.15, 0.2) is 11.5 Å². The van der Waals surface area contributed by atoms with Gasteiger partial charge in [-0.25, -0.2) is 4.79 Å². The molecule has 1 aromatic rings. The van der Waals surface area contributed by atoms with Gasteiger partial charge in [-0.05, 0) is 61.1 Å². The summed E-state index contributed by atoms with van der Waals surface area (Å²) in [6.45, 7) is 7.84. The molecule has 1 aromatic carbocycles. The summed E-state index contributed by atoms with van der Waals surface area (Å²) in [7, 11) is 0. The van der Waals surface area contributed by atoms with E-state index in [1.165, 1.54) is 0 Å². The third-order valence-electron chi connectivity index (χ3n) is 7.45. The van der Waals surface area contributed by atoms with E-state index in [4.69, 9.17) is 9.47 Å². The molecule has 1 spiro atoms. The van der Waals surface area contributed by atoms with Crippen LogP contribution in [0.5, 0.6) is 11.5 Å². The number of amides is 2. The van der Waals surface area contributed by atoms with E-state index in [1.54, 1.807) is 4.90 Å². The van der Waals surface area contributed by atoms with Crippen molar-refractivity contribution in [2.75, 3.05) is 19.9 Å². The van der Waals surface area contributed by atoms with Crippen molar-refractivity contribution in [3.8, 4) is 11.5 Å². The minimum Gasteiger partial charge on any atom is -0.465 e. The lowest BCUT2D eigenvalue weighted by Crippen LogP contribution is -2.52. The molecule has 30 heavy (non-hydrogen) atoms. The van der Waals surface area contributed by atoms with Gasteiger partial charge in [0.25, 0.3) is 5.91 Å². The van der Waals surface area contributed by atoms with E-state index < -0.39 is 6.09 Å². The molecule has 0 aromatic heterocycles. The largest absolute Gasteiger partial charge is 0.465 e. The van der Waals surface area contributed by atoms with Crippen LogP contribution >= 0.6 is 0 Å². The quantitative estimate of drug-likeness (QED) is 0.807. The van der Waals surface area contributed by atoms with Crippen LogP contribution in [0.15, 0.2) is 12.1 Å². The van der Waals surface area contributed by atoms with Crippen LogP contribution in [0.25, 0.3) is 0 Å². The number of piperidine rings is 1. The van der Waals surface area contributed by atoms with Crippen LogP contribution in [-0.2, 0) is 5.54 Å². The molecule has 7 nitrogen and oxygen atoms in total. The maximum absolute atomic E-state index is 13.2. The van der Waals surface area contributed by atoms with Crippen molar-refractivity contribution in [3.05, 3.63) is 23.3 Å². The molecule has 7 heteroatoms. The Morgan fingerprint density at radius 1 is 1.23 bits per heavy atom. The number of carbonyl (C=O) groups is 2. The molecule has 2 unspecified atom stereocenters. The molecule has 0 bridgehead atoms. The van der Waals surface area contributed by atoms with Crippen molar-refractivity contribution in [1.29, 1.82) is 0 Å². The van der Waals surface area contributed by atoms with Crippen LogP contribution in [0.3, 0.4) is 0 Å². The summed E-state index contributed by atoms with van der Waals surface area (Å²) in [5.41, 5.74) is 1.57. The van der Waals surface area contributed by atoms with Crippen LogP contribution < -0.4 is 9.47 Å². The highest BCUT2D eigenvalue weighted by atomic mass is 16.7. The zero-order valence-corrected chi connectivity index (χ0v) is 17.9. The molecule has 3 aliphatic heterocycles. The smallest absolute Gasteiger partial charge is 0.407 e. The van der Waals surface area contributed by atoms with Crippen molar-refractivity contribution in [2.24, 2.45) is 11.3 Å². The van der Waals surface area contributed by atoms with E-state index in [2.05, 4.69) is 25.7 Å². The summed E-state index contributed by atoms with van der Waals surface area (Å²) in [4.78, 5) is 28.6. The van der Waals surface area contributed by atoms with Gasteiger partial charge in [0, 0.05) is 24.7 Å². The molecule has 1 saturated heterocycles. The standard InChI is InChI=1S/C23H30N2O5/c1-22(2,3)19-10-14(4-8-24(19)21(27)28)5-9-25-20(26)15-11-17-18(30-13-29-17)12-16(15)23(25)6-7-23/h11-12,14,19H,4-10,13H2,1-3H3,(H,27,28). The Labute approximate surface area is 176 Å². The van der Waals surface area contributed by atoms with Gasteiger partial charge in [0.1, 0.15) is 0 Å². The number of carboxylic acid groups (broad SMARTS) is 1. The molecule has 5 rings (SSSR count). The first-order chi connectivity index (χ1) is 14.2. The molecule has 1 aliphatic carbocycles. The highest BCUT2D eigenvalue weighted by molar-refractivity contribution is 6.01. The van der Waals surface area contributed by atoms with Gasteiger partial charge in [-0.15, -0.1) is 0 Å². The van der Waals surface area contributed by atoms with Crippen LogP contribution in [0.2, 0.25) is 0 Å². The molecule has 162 valence electrons. The molecular formula is C23H30N2O5. The Kier molecular flexibility index (Phi) is 4.25. The normalized spacial score (nSPS) is 26.3. The highest BCUT2D eigenvalue weighted by Crippen LogP contribution is 2.58. The summed E-state index contributed by atoms with van der Waals surface area (Å²) >= 11 is 0. The minimum atomic E-state index is -0.826. The van der Waals surface area contributed by atoms with Gasteiger partial charge < -0.3 is 24.4 Å². The summed E-state index contributed by atoms with van der Waals surface area (Å²) in [5.74, 6) is 1.92. The Morgan fingerprint density at radius 2 is 1.93 bits per heavy atom. The Bertz CT molecular complexity index is 902. The molecule has 1 N–H and O–H groups in total. The van der Waals surface area contributed by atoms with E-state index in [1.807, 2.05) is 12.1 Å². The summed E-state index contributed by atoms with van der Waals surface area (Å²) < 4.78 is 11.0. The van der Waals surface area contributed by atoms with Crippen molar-refractivity contribution in [2.45, 2.75) is 64.5 Å². The Balaban J connectivity index is 1.30. The first-order valence-electron chi connectivity index (χ1n) is 11.0. The van der Waals surface area contributed by atoms with Gasteiger partial charge in [-0.2, -0.15) is 0 Å². The number of likely N-dealkylation sites (tertiary alicyclic amines) is 1. The fraction of sp³-hybridized carbons (Fsp3) is 0.652. The number of carbonyl (C=O) groups excluding carboxylic acids is 1. The molecule has 2 fully saturated rings. The molecular weight excluding hydrogens is 384 g/mol. The second kappa shape index (κ2) is 6.53. The Morgan fingerprint density at radius 3 is 2.57 bits per heavy atom. The number of hydrogen-bond acceptors (Lipinski definition) is 4. The lowest BCUT2D eigenvalue weighted by atomic mass is 9.76. The molecule has 1 saturated carbocycles. The van der Waals surface area contributed by atoms with Gasteiger partial charge in [-0.3, -0.25) is 4.79 Å². The lowest BCUT2D eigenvalue weighted by Gasteiger charge is -2.45. The fourth-order valence-corrected chi connectivity index (χ4v) is 5.62. The van der Waals surface area contributed by atoms with Gasteiger partial charge in [0.05, 0.1) is 5.54 Å². The van der Waals surface area contributed by atoms with Crippen LogP contribution in [0, 0.1) is 11.3 Å². The monoisotopic (exact) mass is 414 g/mol. The van der Waals surface area contributed by atoms with Crippen LogP contribution in [0.4, 0.5) is 4.79 Å². The van der Waals surface area contributed by atoms with Gasteiger partial charge >= 0.3 is 6.09 Å². The van der Waals surface area contributed by atoms with E-state index in [0.717, 1.165) is 49.0 Å². The van der Waals surface area contributed by atoms with E-state index in [0.29, 0.717) is 24.8 Å². The predicted octanol–water partition coefficient (Wildman–Crippen LogP) is 4.06. The maximum Gasteiger partial charge on any atom is 0.407 e. The van der Waals surface area contributed by atoms with E-state index >= 15 is 0 Å². The molecule has 0 radical (unpaired) electrons. The number of benzene rings is 1. The first-order valence-corrected chi connectivity index (χ1v) is 11.0. The zero-order chi connectivity index (χ0) is 21.3. The summed E-state index contributed by atoms with van der Waals surface area (Å²) in [6.07, 6.45) is 3.78. The van der Waals surface area contributed by atoms with Crippen LogP contribution in [-0.4, -0.2) is 52.8 Å². The minimum absolute atomic E-state index is 0.00684. The third kappa shape index (κ3) is 2.93.